The lowest BCUT2D eigenvalue weighted by molar-refractivity contribution is -0.131. The molecule has 2 heteroatoms. The van der Waals surface area contributed by atoms with Crippen LogP contribution in [0.4, 0.5) is 0 Å². The van der Waals surface area contributed by atoms with Gasteiger partial charge in [0.2, 0.25) is 0 Å². The third-order valence-electron chi connectivity index (χ3n) is 1.94. The van der Waals surface area contributed by atoms with Gasteiger partial charge >= 0.3 is 0 Å². The molecule has 12 heavy (non-hydrogen) atoms. The molecular weight excluding hydrogens is 152 g/mol. The summed E-state index contributed by atoms with van der Waals surface area (Å²) in [5, 5.41) is 0. The van der Waals surface area contributed by atoms with Gasteiger partial charge in [0, 0.05) is 0 Å². The van der Waals surface area contributed by atoms with Gasteiger partial charge in [-0.15, -0.1) is 0 Å². The average molecular weight is 172 g/mol. The van der Waals surface area contributed by atoms with Crippen LogP contribution in [0, 0.1) is 11.3 Å². The van der Waals surface area contributed by atoms with Crippen molar-refractivity contribution in [3.8, 4) is 0 Å². The minimum absolute atomic E-state index is 0.130. The van der Waals surface area contributed by atoms with Crippen molar-refractivity contribution in [2.24, 2.45) is 11.3 Å². The normalized spacial score (nSPS) is 11.8. The fraction of sp³-hybridized carbons (Fsp3) is 0.900. The second kappa shape index (κ2) is 5.18. The molecule has 0 aliphatic carbocycles. The zero-order valence-corrected chi connectivity index (χ0v) is 8.59. The fourth-order valence-corrected chi connectivity index (χ4v) is 1.01. The quantitative estimate of drug-likeness (QED) is 0.576. The highest BCUT2D eigenvalue weighted by atomic mass is 16.5. The first kappa shape index (κ1) is 11.5. The lowest BCUT2D eigenvalue weighted by Crippen LogP contribution is -2.19. The zero-order chi connectivity index (χ0) is 9.61. The predicted molar refractivity (Wildman–Crippen MR) is 49.9 cm³/mol. The van der Waals surface area contributed by atoms with E-state index in [0.717, 1.165) is 12.3 Å². The van der Waals surface area contributed by atoms with Crippen LogP contribution in [0.5, 0.6) is 0 Å². The number of hydrogen-bond acceptors (Lipinski definition) is 2. The van der Waals surface area contributed by atoms with Gasteiger partial charge in [-0.25, -0.2) is 0 Å². The maximum Gasteiger partial charge on any atom is 0.293 e. The number of carbonyl (C=O) groups is 1. The van der Waals surface area contributed by atoms with Crippen molar-refractivity contribution in [1.29, 1.82) is 0 Å². The van der Waals surface area contributed by atoms with E-state index in [1.165, 1.54) is 6.42 Å². The highest BCUT2D eigenvalue weighted by Crippen LogP contribution is 2.24. The summed E-state index contributed by atoms with van der Waals surface area (Å²) < 4.78 is 4.75. The van der Waals surface area contributed by atoms with E-state index in [1.54, 1.807) is 0 Å². The van der Waals surface area contributed by atoms with Crippen LogP contribution in [-0.2, 0) is 9.53 Å². The molecule has 0 radical (unpaired) electrons. The minimum atomic E-state index is 0.130. The lowest BCUT2D eigenvalue weighted by atomic mass is 9.86. The summed E-state index contributed by atoms with van der Waals surface area (Å²) in [5.74, 6) is 0.723. The van der Waals surface area contributed by atoms with Crippen LogP contribution in [0.1, 0.15) is 40.5 Å². The van der Waals surface area contributed by atoms with Gasteiger partial charge in [-0.05, 0) is 17.8 Å². The van der Waals surface area contributed by atoms with Crippen molar-refractivity contribution < 1.29 is 9.53 Å². The number of hydrogen-bond donors (Lipinski definition) is 0. The molecule has 0 aliphatic rings. The molecule has 0 unspecified atom stereocenters. The SMILES string of the molecule is CC(C)CCC(C)(C)COC=O. The molecule has 0 fully saturated rings. The second-order valence-corrected chi connectivity index (χ2v) is 4.50. The Morgan fingerprint density at radius 1 is 1.42 bits per heavy atom. The average Bonchev–Trinajstić information content (AvgIpc) is 1.98. The Morgan fingerprint density at radius 3 is 2.42 bits per heavy atom. The van der Waals surface area contributed by atoms with Gasteiger partial charge in [0.15, 0.2) is 0 Å². The molecule has 0 saturated heterocycles. The zero-order valence-electron chi connectivity index (χ0n) is 8.59. The Morgan fingerprint density at radius 2 is 2.00 bits per heavy atom. The summed E-state index contributed by atoms with van der Waals surface area (Å²) in [7, 11) is 0. The first-order valence-electron chi connectivity index (χ1n) is 4.53. The van der Waals surface area contributed by atoms with Crippen molar-refractivity contribution in [2.45, 2.75) is 40.5 Å². The van der Waals surface area contributed by atoms with E-state index >= 15 is 0 Å². The predicted octanol–water partition coefficient (Wildman–Crippen LogP) is 2.62. The molecule has 2 nitrogen and oxygen atoms in total. The molecule has 0 saturated carbocycles. The molecule has 0 atom stereocenters. The maximum absolute atomic E-state index is 9.97. The van der Waals surface area contributed by atoms with Gasteiger partial charge in [0.05, 0.1) is 6.61 Å². The van der Waals surface area contributed by atoms with Crippen LogP contribution >= 0.6 is 0 Å². The van der Waals surface area contributed by atoms with E-state index in [2.05, 4.69) is 27.7 Å². The largest absolute Gasteiger partial charge is 0.467 e. The summed E-state index contributed by atoms with van der Waals surface area (Å²) in [6.07, 6.45) is 2.30. The molecule has 0 amide bonds. The Bertz CT molecular complexity index is 128. The maximum atomic E-state index is 9.97. The van der Waals surface area contributed by atoms with E-state index in [9.17, 15) is 4.79 Å². The Balaban J connectivity index is 3.62. The summed E-state index contributed by atoms with van der Waals surface area (Å²) in [4.78, 5) is 9.97. The molecule has 0 aromatic carbocycles. The highest BCUT2D eigenvalue weighted by Gasteiger charge is 2.18. The Hall–Kier alpha value is -0.530. The van der Waals surface area contributed by atoms with Crippen molar-refractivity contribution in [3.63, 3.8) is 0 Å². The van der Waals surface area contributed by atoms with Gasteiger partial charge < -0.3 is 4.74 Å². The number of ether oxygens (including phenoxy) is 1. The number of rotatable bonds is 6. The summed E-state index contributed by atoms with van der Waals surface area (Å²) in [6.45, 7) is 9.71. The number of carbonyl (C=O) groups excluding carboxylic acids is 1. The van der Waals surface area contributed by atoms with Crippen molar-refractivity contribution in [1.82, 2.24) is 0 Å². The highest BCUT2D eigenvalue weighted by molar-refractivity contribution is 5.36. The van der Waals surface area contributed by atoms with Gasteiger partial charge in [-0.3, -0.25) is 4.79 Å². The summed E-state index contributed by atoms with van der Waals surface area (Å²) >= 11 is 0. The third kappa shape index (κ3) is 6.20. The van der Waals surface area contributed by atoms with E-state index in [0.29, 0.717) is 13.1 Å². The fourth-order valence-electron chi connectivity index (χ4n) is 1.01. The molecule has 72 valence electrons. The Labute approximate surface area is 75.3 Å². The van der Waals surface area contributed by atoms with Gasteiger partial charge in [-0.2, -0.15) is 0 Å². The first-order valence-corrected chi connectivity index (χ1v) is 4.53. The molecule has 0 heterocycles. The molecule has 0 N–H and O–H groups in total. The molecular formula is C10H20O2. The second-order valence-electron chi connectivity index (χ2n) is 4.50. The van der Waals surface area contributed by atoms with Gasteiger partial charge in [0.25, 0.3) is 6.47 Å². The van der Waals surface area contributed by atoms with Crippen LogP contribution in [0.2, 0.25) is 0 Å². The van der Waals surface area contributed by atoms with Crippen LogP contribution in [-0.4, -0.2) is 13.1 Å². The molecule has 0 aliphatic heterocycles. The monoisotopic (exact) mass is 172 g/mol. The van der Waals surface area contributed by atoms with E-state index in [1.807, 2.05) is 0 Å². The summed E-state index contributed by atoms with van der Waals surface area (Å²) in [6, 6.07) is 0. The van der Waals surface area contributed by atoms with Crippen molar-refractivity contribution in [3.05, 3.63) is 0 Å². The topological polar surface area (TPSA) is 26.3 Å². The van der Waals surface area contributed by atoms with Crippen molar-refractivity contribution >= 4 is 6.47 Å². The molecule has 0 aromatic rings. The third-order valence-corrected chi connectivity index (χ3v) is 1.94. The van der Waals surface area contributed by atoms with E-state index in [4.69, 9.17) is 4.74 Å². The first-order chi connectivity index (χ1) is 5.48. The molecule has 0 rings (SSSR count). The van der Waals surface area contributed by atoms with Crippen LogP contribution in [0.3, 0.4) is 0 Å². The van der Waals surface area contributed by atoms with Gasteiger partial charge in [-0.1, -0.05) is 34.1 Å². The molecule has 0 bridgehead atoms. The van der Waals surface area contributed by atoms with Crippen molar-refractivity contribution in [2.75, 3.05) is 6.61 Å². The van der Waals surface area contributed by atoms with Crippen LogP contribution in [0.15, 0.2) is 0 Å². The standard InChI is InChI=1S/C10H20O2/c1-9(2)5-6-10(3,4)7-12-8-11/h8-9H,5-7H2,1-4H3. The van der Waals surface area contributed by atoms with Crippen LogP contribution < -0.4 is 0 Å². The van der Waals surface area contributed by atoms with E-state index in [-0.39, 0.29) is 5.41 Å². The summed E-state index contributed by atoms with van der Waals surface area (Å²) in [5.41, 5.74) is 0.130. The lowest BCUT2D eigenvalue weighted by Gasteiger charge is -2.23. The van der Waals surface area contributed by atoms with Gasteiger partial charge in [0.1, 0.15) is 0 Å². The smallest absolute Gasteiger partial charge is 0.293 e. The molecule has 0 spiro atoms. The minimum Gasteiger partial charge on any atom is -0.467 e. The van der Waals surface area contributed by atoms with E-state index < -0.39 is 0 Å². The van der Waals surface area contributed by atoms with Crippen LogP contribution in [0.25, 0.3) is 0 Å². The molecule has 0 aromatic heterocycles. The Kier molecular flexibility index (Phi) is 4.95.